The Balaban J connectivity index is 2.61. The van der Waals surface area contributed by atoms with Crippen LogP contribution in [0, 0.1) is 5.41 Å². The average molecular weight is 238 g/mol. The van der Waals surface area contributed by atoms with E-state index in [-0.39, 0.29) is 5.41 Å². The van der Waals surface area contributed by atoms with Crippen LogP contribution in [0.3, 0.4) is 0 Å². The molecule has 0 saturated carbocycles. The molecule has 0 atom stereocenters. The third-order valence-corrected chi connectivity index (χ3v) is 2.70. The van der Waals surface area contributed by atoms with E-state index < -0.39 is 0 Å². The van der Waals surface area contributed by atoms with Crippen molar-refractivity contribution in [2.45, 2.75) is 27.3 Å². The van der Waals surface area contributed by atoms with E-state index in [9.17, 15) is 0 Å². The van der Waals surface area contributed by atoms with Crippen molar-refractivity contribution in [1.82, 2.24) is 9.55 Å². The average Bonchev–Trinajstić information content (AvgIpc) is 2.44. The Labute approximate surface area is 100 Å². The minimum absolute atomic E-state index is 0.157. The van der Waals surface area contributed by atoms with Crippen LogP contribution < -0.4 is 5.73 Å². The van der Waals surface area contributed by atoms with Crippen molar-refractivity contribution >= 4 is 28.6 Å². The molecule has 0 unspecified atom stereocenters. The van der Waals surface area contributed by atoms with Crippen molar-refractivity contribution in [1.29, 1.82) is 0 Å². The Bertz CT molecular complexity index is 523. The maximum absolute atomic E-state index is 6.08. The Hall–Kier alpha value is -1.22. The number of hydrogen-bond acceptors (Lipinski definition) is 2. The second-order valence-electron chi connectivity index (χ2n) is 5.22. The van der Waals surface area contributed by atoms with E-state index in [1.54, 1.807) is 0 Å². The monoisotopic (exact) mass is 237 g/mol. The molecule has 2 N–H and O–H groups in total. The summed E-state index contributed by atoms with van der Waals surface area (Å²) in [6.07, 6.45) is 0. The van der Waals surface area contributed by atoms with E-state index in [2.05, 4.69) is 25.8 Å². The molecule has 2 rings (SSSR count). The molecule has 1 heterocycles. The molecule has 0 bridgehead atoms. The molecule has 1 aromatic heterocycles. The second-order valence-corrected chi connectivity index (χ2v) is 5.63. The molecule has 4 heteroatoms. The predicted molar refractivity (Wildman–Crippen MR) is 68.6 cm³/mol. The highest BCUT2D eigenvalue weighted by Gasteiger charge is 2.17. The largest absolute Gasteiger partial charge is 0.369 e. The summed E-state index contributed by atoms with van der Waals surface area (Å²) in [5.74, 6) is 0.526. The summed E-state index contributed by atoms with van der Waals surface area (Å²) >= 11 is 6.08. The summed E-state index contributed by atoms with van der Waals surface area (Å²) in [4.78, 5) is 4.31. The van der Waals surface area contributed by atoms with Crippen LogP contribution in [0.1, 0.15) is 20.8 Å². The van der Waals surface area contributed by atoms with Crippen molar-refractivity contribution in [2.24, 2.45) is 5.41 Å². The number of nitrogens with two attached hydrogens (primary N) is 1. The van der Waals surface area contributed by atoms with Gasteiger partial charge in [-0.1, -0.05) is 38.4 Å². The number of rotatable bonds is 1. The van der Waals surface area contributed by atoms with Crippen molar-refractivity contribution in [2.75, 3.05) is 5.73 Å². The van der Waals surface area contributed by atoms with Crippen LogP contribution in [0.25, 0.3) is 11.0 Å². The molecule has 0 radical (unpaired) electrons. The normalized spacial score (nSPS) is 12.2. The van der Waals surface area contributed by atoms with Crippen molar-refractivity contribution in [3.8, 4) is 0 Å². The van der Waals surface area contributed by atoms with Crippen molar-refractivity contribution < 1.29 is 0 Å². The van der Waals surface area contributed by atoms with Crippen LogP contribution in [0.2, 0.25) is 5.02 Å². The zero-order valence-corrected chi connectivity index (χ0v) is 10.5. The number of aromatic nitrogens is 2. The van der Waals surface area contributed by atoms with Gasteiger partial charge in [0.15, 0.2) is 0 Å². The van der Waals surface area contributed by atoms with E-state index in [1.807, 2.05) is 22.8 Å². The summed E-state index contributed by atoms with van der Waals surface area (Å²) in [6.45, 7) is 7.34. The number of nitrogens with zero attached hydrogens (tertiary/aromatic N) is 2. The van der Waals surface area contributed by atoms with Gasteiger partial charge in [0.05, 0.1) is 10.5 Å². The topological polar surface area (TPSA) is 43.8 Å². The number of benzene rings is 1. The third kappa shape index (κ3) is 2.00. The van der Waals surface area contributed by atoms with E-state index >= 15 is 0 Å². The number of nitrogen functional groups attached to an aromatic ring is 1. The van der Waals surface area contributed by atoms with Crippen LogP contribution >= 0.6 is 11.6 Å². The Morgan fingerprint density at radius 2 is 2.06 bits per heavy atom. The van der Waals surface area contributed by atoms with Gasteiger partial charge >= 0.3 is 0 Å². The van der Waals surface area contributed by atoms with Crippen LogP contribution in [0.5, 0.6) is 0 Å². The molecule has 1 aromatic carbocycles. The minimum atomic E-state index is 0.157. The molecule has 0 amide bonds. The van der Waals surface area contributed by atoms with Gasteiger partial charge in [-0.2, -0.15) is 0 Å². The second kappa shape index (κ2) is 3.67. The van der Waals surface area contributed by atoms with Gasteiger partial charge in [-0.05, 0) is 17.5 Å². The van der Waals surface area contributed by atoms with Gasteiger partial charge in [0.25, 0.3) is 0 Å². The molecule has 0 fully saturated rings. The van der Waals surface area contributed by atoms with Gasteiger partial charge in [0.1, 0.15) is 5.52 Å². The molecule has 0 aliphatic carbocycles. The molecular weight excluding hydrogens is 222 g/mol. The summed E-state index contributed by atoms with van der Waals surface area (Å²) in [6, 6.07) is 5.75. The molecule has 2 aromatic rings. The lowest BCUT2D eigenvalue weighted by molar-refractivity contribution is 0.351. The summed E-state index contributed by atoms with van der Waals surface area (Å²) in [7, 11) is 0. The van der Waals surface area contributed by atoms with Crippen LogP contribution in [-0.4, -0.2) is 9.55 Å². The van der Waals surface area contributed by atoms with Gasteiger partial charge in [-0.3, -0.25) is 0 Å². The fourth-order valence-corrected chi connectivity index (χ4v) is 1.98. The molecule has 16 heavy (non-hydrogen) atoms. The summed E-state index contributed by atoms with van der Waals surface area (Å²) < 4.78 is 2.02. The van der Waals surface area contributed by atoms with E-state index in [0.717, 1.165) is 17.6 Å². The predicted octanol–water partition coefficient (Wildman–Crippen LogP) is 3.32. The third-order valence-electron chi connectivity index (χ3n) is 2.39. The first-order valence-corrected chi connectivity index (χ1v) is 5.66. The van der Waals surface area contributed by atoms with E-state index in [0.29, 0.717) is 11.0 Å². The molecule has 0 aliphatic rings. The SMILES string of the molecule is CC(C)(C)Cn1c(N)nc2c(Cl)cccc21. The maximum atomic E-state index is 6.08. The standard InChI is InChI=1S/C12H16ClN3/c1-12(2,3)7-16-9-6-4-5-8(13)10(9)15-11(16)14/h4-6H,7H2,1-3H3,(H2,14,15). The number of hydrogen-bond donors (Lipinski definition) is 1. The van der Waals surface area contributed by atoms with Gasteiger partial charge in [-0.15, -0.1) is 0 Å². The maximum Gasteiger partial charge on any atom is 0.201 e. The highest BCUT2D eigenvalue weighted by atomic mass is 35.5. The quantitative estimate of drug-likeness (QED) is 0.827. The number of para-hydroxylation sites is 1. The van der Waals surface area contributed by atoms with E-state index in [1.165, 1.54) is 0 Å². The highest BCUT2D eigenvalue weighted by Crippen LogP contribution is 2.28. The van der Waals surface area contributed by atoms with Crippen LogP contribution in [0.15, 0.2) is 18.2 Å². The zero-order valence-electron chi connectivity index (χ0n) is 9.79. The molecular formula is C12H16ClN3. The van der Waals surface area contributed by atoms with Crippen LogP contribution in [0.4, 0.5) is 5.95 Å². The smallest absolute Gasteiger partial charge is 0.201 e. The first-order valence-electron chi connectivity index (χ1n) is 5.29. The number of halogens is 1. The molecule has 3 nitrogen and oxygen atoms in total. The highest BCUT2D eigenvalue weighted by molar-refractivity contribution is 6.35. The molecule has 0 spiro atoms. The number of anilines is 1. The van der Waals surface area contributed by atoms with Crippen LogP contribution in [-0.2, 0) is 6.54 Å². The van der Waals surface area contributed by atoms with Crippen molar-refractivity contribution in [3.63, 3.8) is 0 Å². The summed E-state index contributed by atoms with van der Waals surface area (Å²) in [5.41, 5.74) is 7.86. The Morgan fingerprint density at radius 1 is 1.38 bits per heavy atom. The fourth-order valence-electron chi connectivity index (χ4n) is 1.77. The van der Waals surface area contributed by atoms with Gasteiger partial charge < -0.3 is 10.3 Å². The van der Waals surface area contributed by atoms with Crippen molar-refractivity contribution in [3.05, 3.63) is 23.2 Å². The lowest BCUT2D eigenvalue weighted by Gasteiger charge is -2.20. The number of imidazole rings is 1. The Kier molecular flexibility index (Phi) is 2.58. The minimum Gasteiger partial charge on any atom is -0.369 e. The first-order chi connectivity index (χ1) is 7.38. The lowest BCUT2D eigenvalue weighted by Crippen LogP contribution is -2.16. The Morgan fingerprint density at radius 3 is 2.69 bits per heavy atom. The van der Waals surface area contributed by atoms with Gasteiger partial charge in [-0.25, -0.2) is 4.98 Å². The lowest BCUT2D eigenvalue weighted by atomic mass is 9.97. The van der Waals surface area contributed by atoms with E-state index in [4.69, 9.17) is 17.3 Å². The number of fused-ring (bicyclic) bond motifs is 1. The first kappa shape index (κ1) is 11.3. The molecule has 0 aliphatic heterocycles. The fraction of sp³-hybridized carbons (Fsp3) is 0.417. The molecule has 0 saturated heterocycles. The van der Waals surface area contributed by atoms with Gasteiger partial charge in [0.2, 0.25) is 5.95 Å². The van der Waals surface area contributed by atoms with Gasteiger partial charge in [0, 0.05) is 6.54 Å². The summed E-state index contributed by atoms with van der Waals surface area (Å²) in [5, 5.41) is 0.650. The zero-order chi connectivity index (χ0) is 11.9. The molecule has 86 valence electrons.